The third-order valence-corrected chi connectivity index (χ3v) is 4.72. The molecule has 0 saturated heterocycles. The second-order valence-corrected chi connectivity index (χ2v) is 6.71. The van der Waals surface area contributed by atoms with E-state index in [-0.39, 0.29) is 24.0 Å². The SMILES string of the molecule is CN=C(NCc1cc(OC)c(OC)c(OC)c1)NCC(C1CC1)N(C)C.I. The monoisotopic (exact) mass is 492 g/mol. The highest BCUT2D eigenvalue weighted by molar-refractivity contribution is 14.0. The molecule has 1 aliphatic rings. The standard InChI is InChI=1S/C19H32N4O3.HI/c1-20-19(22-12-15(23(2)3)14-7-8-14)21-11-13-9-16(24-4)18(26-6)17(10-13)25-5;/h9-10,14-15H,7-8,11-12H2,1-6H3,(H2,20,21,22);1H. The molecule has 0 amide bonds. The van der Waals surface area contributed by atoms with Crippen LogP contribution in [-0.2, 0) is 6.54 Å². The number of hydrogen-bond donors (Lipinski definition) is 2. The molecule has 0 aliphatic heterocycles. The van der Waals surface area contributed by atoms with Crippen LogP contribution in [0.3, 0.4) is 0 Å². The number of nitrogens with zero attached hydrogens (tertiary/aromatic N) is 2. The molecule has 1 aromatic carbocycles. The highest BCUT2D eigenvalue weighted by Crippen LogP contribution is 2.38. The second kappa shape index (κ2) is 11.4. The van der Waals surface area contributed by atoms with Gasteiger partial charge in [-0.3, -0.25) is 4.99 Å². The summed E-state index contributed by atoms with van der Waals surface area (Å²) in [5.74, 6) is 3.47. The molecule has 1 aromatic rings. The highest BCUT2D eigenvalue weighted by Gasteiger charge is 2.32. The summed E-state index contributed by atoms with van der Waals surface area (Å²) in [5, 5.41) is 6.78. The Morgan fingerprint density at radius 2 is 1.70 bits per heavy atom. The maximum Gasteiger partial charge on any atom is 0.203 e. The Labute approximate surface area is 179 Å². The first-order valence-electron chi connectivity index (χ1n) is 8.93. The molecule has 2 N–H and O–H groups in total. The first-order valence-corrected chi connectivity index (χ1v) is 8.93. The number of hydrogen-bond acceptors (Lipinski definition) is 5. The first kappa shape index (κ1) is 23.6. The summed E-state index contributed by atoms with van der Waals surface area (Å²) in [6.07, 6.45) is 2.64. The van der Waals surface area contributed by atoms with Crippen molar-refractivity contribution in [2.24, 2.45) is 10.9 Å². The smallest absolute Gasteiger partial charge is 0.203 e. The van der Waals surface area contributed by atoms with Gasteiger partial charge in [0.05, 0.1) is 21.3 Å². The van der Waals surface area contributed by atoms with Crippen LogP contribution in [0.25, 0.3) is 0 Å². The highest BCUT2D eigenvalue weighted by atomic mass is 127. The fourth-order valence-corrected chi connectivity index (χ4v) is 3.10. The van der Waals surface area contributed by atoms with Crippen molar-refractivity contribution in [1.82, 2.24) is 15.5 Å². The summed E-state index contributed by atoms with van der Waals surface area (Å²) in [5.41, 5.74) is 1.02. The molecule has 0 bridgehead atoms. The summed E-state index contributed by atoms with van der Waals surface area (Å²) < 4.78 is 16.2. The van der Waals surface area contributed by atoms with Crippen LogP contribution in [0.5, 0.6) is 17.2 Å². The van der Waals surface area contributed by atoms with Gasteiger partial charge in [0.25, 0.3) is 0 Å². The third kappa shape index (κ3) is 6.60. The molecule has 1 saturated carbocycles. The van der Waals surface area contributed by atoms with E-state index in [0.717, 1.165) is 24.0 Å². The van der Waals surface area contributed by atoms with Gasteiger partial charge in [-0.2, -0.15) is 0 Å². The van der Waals surface area contributed by atoms with Crippen LogP contribution < -0.4 is 24.8 Å². The molecule has 8 heteroatoms. The van der Waals surface area contributed by atoms with E-state index in [9.17, 15) is 0 Å². The van der Waals surface area contributed by atoms with Gasteiger partial charge in [0.1, 0.15) is 0 Å². The lowest BCUT2D eigenvalue weighted by molar-refractivity contribution is 0.264. The zero-order valence-corrected chi connectivity index (χ0v) is 19.5. The number of rotatable bonds is 9. The minimum atomic E-state index is 0. The quantitative estimate of drug-likeness (QED) is 0.314. The number of ether oxygens (including phenoxy) is 3. The molecule has 0 radical (unpaired) electrons. The fraction of sp³-hybridized carbons (Fsp3) is 0.632. The summed E-state index contributed by atoms with van der Waals surface area (Å²) in [6.45, 7) is 1.49. The molecule has 27 heavy (non-hydrogen) atoms. The molecule has 1 unspecified atom stereocenters. The Balaban J connectivity index is 0.00000364. The van der Waals surface area contributed by atoms with Crippen LogP contribution in [0, 0.1) is 5.92 Å². The number of halogens is 1. The van der Waals surface area contributed by atoms with Crippen LogP contribution in [0.15, 0.2) is 17.1 Å². The number of guanidine groups is 1. The van der Waals surface area contributed by atoms with E-state index >= 15 is 0 Å². The molecule has 1 aliphatic carbocycles. The number of methoxy groups -OCH3 is 3. The normalized spacial score (nSPS) is 15.0. The zero-order chi connectivity index (χ0) is 19.1. The molecule has 154 valence electrons. The molecule has 0 spiro atoms. The lowest BCUT2D eigenvalue weighted by Crippen LogP contribution is -2.45. The van der Waals surface area contributed by atoms with Gasteiger partial charge in [-0.25, -0.2) is 0 Å². The number of aliphatic imine (C=N–C) groups is 1. The maximum absolute atomic E-state index is 5.41. The topological polar surface area (TPSA) is 67.4 Å². The van der Waals surface area contributed by atoms with Gasteiger partial charge in [0.15, 0.2) is 17.5 Å². The first-order chi connectivity index (χ1) is 12.5. The molecule has 0 aromatic heterocycles. The Morgan fingerprint density at radius 1 is 1.11 bits per heavy atom. The van der Waals surface area contributed by atoms with E-state index in [1.54, 1.807) is 28.4 Å². The van der Waals surface area contributed by atoms with Crippen molar-refractivity contribution in [1.29, 1.82) is 0 Å². The van der Waals surface area contributed by atoms with Gasteiger partial charge in [0, 0.05) is 26.2 Å². The van der Waals surface area contributed by atoms with Crippen molar-refractivity contribution in [2.45, 2.75) is 25.4 Å². The summed E-state index contributed by atoms with van der Waals surface area (Å²) >= 11 is 0. The van der Waals surface area contributed by atoms with Gasteiger partial charge >= 0.3 is 0 Å². The second-order valence-electron chi connectivity index (χ2n) is 6.71. The van der Waals surface area contributed by atoms with Crippen LogP contribution in [0.1, 0.15) is 18.4 Å². The molecular weight excluding hydrogens is 459 g/mol. The number of nitrogens with one attached hydrogen (secondary N) is 2. The van der Waals surface area contributed by atoms with Crippen molar-refractivity contribution in [2.75, 3.05) is 49.0 Å². The average Bonchev–Trinajstić information content (AvgIpc) is 3.48. The van der Waals surface area contributed by atoms with Crippen molar-refractivity contribution in [3.63, 3.8) is 0 Å². The summed E-state index contributed by atoms with van der Waals surface area (Å²) in [4.78, 5) is 6.61. The van der Waals surface area contributed by atoms with Crippen molar-refractivity contribution >= 4 is 29.9 Å². The zero-order valence-electron chi connectivity index (χ0n) is 17.2. The van der Waals surface area contributed by atoms with E-state index in [1.165, 1.54) is 12.8 Å². The fourth-order valence-electron chi connectivity index (χ4n) is 3.10. The van der Waals surface area contributed by atoms with E-state index in [1.807, 2.05) is 12.1 Å². The Bertz CT molecular complexity index is 594. The molecule has 7 nitrogen and oxygen atoms in total. The predicted molar refractivity (Wildman–Crippen MR) is 120 cm³/mol. The van der Waals surface area contributed by atoms with Crippen LogP contribution >= 0.6 is 24.0 Å². The Kier molecular flexibility index (Phi) is 10.00. The minimum Gasteiger partial charge on any atom is -0.493 e. The van der Waals surface area contributed by atoms with E-state index in [0.29, 0.717) is 29.8 Å². The number of likely N-dealkylation sites (N-methyl/N-ethyl adjacent to an activating group) is 1. The summed E-state index contributed by atoms with van der Waals surface area (Å²) in [6, 6.07) is 4.41. The van der Waals surface area contributed by atoms with Crippen molar-refractivity contribution in [3.8, 4) is 17.2 Å². The van der Waals surface area contributed by atoms with Crippen molar-refractivity contribution in [3.05, 3.63) is 17.7 Å². The van der Waals surface area contributed by atoms with E-state index in [2.05, 4.69) is 34.6 Å². The van der Waals surface area contributed by atoms with Gasteiger partial charge in [-0.1, -0.05) is 0 Å². The predicted octanol–water partition coefficient (Wildman–Crippen LogP) is 2.34. The molecular formula is C19H33IN4O3. The van der Waals surface area contributed by atoms with E-state index < -0.39 is 0 Å². The summed E-state index contributed by atoms with van der Waals surface area (Å²) in [7, 11) is 10.9. The van der Waals surface area contributed by atoms with Crippen LogP contribution in [0.4, 0.5) is 0 Å². The average molecular weight is 492 g/mol. The number of benzene rings is 1. The van der Waals surface area contributed by atoms with Gasteiger partial charge in [-0.05, 0) is 50.6 Å². The van der Waals surface area contributed by atoms with Crippen LogP contribution in [-0.4, -0.2) is 65.9 Å². The van der Waals surface area contributed by atoms with Gasteiger partial charge in [0.2, 0.25) is 5.75 Å². The molecule has 1 atom stereocenters. The largest absolute Gasteiger partial charge is 0.493 e. The molecule has 2 rings (SSSR count). The van der Waals surface area contributed by atoms with Crippen molar-refractivity contribution < 1.29 is 14.2 Å². The molecule has 0 heterocycles. The van der Waals surface area contributed by atoms with Crippen LogP contribution in [0.2, 0.25) is 0 Å². The molecule has 1 fully saturated rings. The minimum absolute atomic E-state index is 0. The Morgan fingerprint density at radius 3 is 2.11 bits per heavy atom. The lowest BCUT2D eigenvalue weighted by Gasteiger charge is -2.25. The van der Waals surface area contributed by atoms with Gasteiger partial charge < -0.3 is 29.7 Å². The lowest BCUT2D eigenvalue weighted by atomic mass is 10.1. The Hall–Kier alpha value is -1.42. The van der Waals surface area contributed by atoms with Gasteiger partial charge in [-0.15, -0.1) is 24.0 Å². The maximum atomic E-state index is 5.41. The van der Waals surface area contributed by atoms with E-state index in [4.69, 9.17) is 14.2 Å². The third-order valence-electron chi connectivity index (χ3n) is 4.72.